The van der Waals surface area contributed by atoms with Crippen LogP contribution in [0.3, 0.4) is 0 Å². The molecule has 0 fully saturated rings. The third-order valence-corrected chi connectivity index (χ3v) is 2.97. The highest BCUT2D eigenvalue weighted by molar-refractivity contribution is 6.30. The van der Waals surface area contributed by atoms with Crippen molar-refractivity contribution in [2.75, 3.05) is 0 Å². The fourth-order valence-electron chi connectivity index (χ4n) is 1.68. The number of benzene rings is 2. The zero-order valence-corrected chi connectivity index (χ0v) is 11.6. The lowest BCUT2D eigenvalue weighted by Crippen LogP contribution is -2.01. The summed E-state index contributed by atoms with van der Waals surface area (Å²) in [6, 6.07) is 7.63. The zero-order chi connectivity index (χ0) is 15.6. The van der Waals surface area contributed by atoms with Gasteiger partial charge in [-0.2, -0.15) is 0 Å². The molecule has 0 amide bonds. The molecule has 0 aliphatic heterocycles. The van der Waals surface area contributed by atoms with E-state index in [4.69, 9.17) is 21.4 Å². The minimum atomic E-state index is -1.22. The molecule has 0 aliphatic carbocycles. The second-order valence-electron chi connectivity index (χ2n) is 4.25. The standard InChI is InChI=1S/C15H10ClFO4/c1-8(18)9-2-5-13(12(17)6-9)21-14-7-10(16)3-4-11(14)15(19)20/h2-7H,1H3,(H,19,20). The number of ether oxygens (including phenoxy) is 1. The summed E-state index contributed by atoms with van der Waals surface area (Å²) < 4.78 is 19.1. The van der Waals surface area contributed by atoms with Gasteiger partial charge in [-0.3, -0.25) is 4.79 Å². The molecule has 1 N–H and O–H groups in total. The number of Topliss-reactive ketones (excluding diaryl/α,β-unsaturated/α-hetero) is 1. The topological polar surface area (TPSA) is 63.6 Å². The lowest BCUT2D eigenvalue weighted by atomic mass is 10.1. The first-order chi connectivity index (χ1) is 9.88. The van der Waals surface area contributed by atoms with Crippen LogP contribution in [-0.4, -0.2) is 16.9 Å². The van der Waals surface area contributed by atoms with Crippen molar-refractivity contribution in [1.82, 2.24) is 0 Å². The predicted octanol–water partition coefficient (Wildman–Crippen LogP) is 4.17. The number of hydrogen-bond donors (Lipinski definition) is 1. The number of carboxylic acids is 1. The highest BCUT2D eigenvalue weighted by Crippen LogP contribution is 2.30. The molecule has 2 aromatic rings. The van der Waals surface area contributed by atoms with Crippen molar-refractivity contribution in [3.63, 3.8) is 0 Å². The Kier molecular flexibility index (Phi) is 4.23. The monoisotopic (exact) mass is 308 g/mol. The molecular formula is C15H10ClFO4. The maximum atomic E-state index is 13.9. The summed E-state index contributed by atoms with van der Waals surface area (Å²) in [6.07, 6.45) is 0. The molecule has 0 radical (unpaired) electrons. The molecule has 21 heavy (non-hydrogen) atoms. The summed E-state index contributed by atoms with van der Waals surface area (Å²) in [7, 11) is 0. The molecule has 0 heterocycles. The molecule has 0 saturated heterocycles. The van der Waals surface area contributed by atoms with Gasteiger partial charge < -0.3 is 9.84 Å². The number of carbonyl (C=O) groups excluding carboxylic acids is 1. The van der Waals surface area contributed by atoms with Gasteiger partial charge in [0.05, 0.1) is 0 Å². The average molecular weight is 309 g/mol. The summed E-state index contributed by atoms with van der Waals surface area (Å²) >= 11 is 5.78. The molecule has 4 nitrogen and oxygen atoms in total. The van der Waals surface area contributed by atoms with Crippen LogP contribution in [0.4, 0.5) is 4.39 Å². The minimum Gasteiger partial charge on any atom is -0.478 e. The summed E-state index contributed by atoms with van der Waals surface area (Å²) in [5.41, 5.74) is 0.0545. The van der Waals surface area contributed by atoms with E-state index >= 15 is 0 Å². The molecule has 0 bridgehead atoms. The molecule has 0 spiro atoms. The molecular weight excluding hydrogens is 299 g/mol. The van der Waals surface area contributed by atoms with Crippen LogP contribution in [0.15, 0.2) is 36.4 Å². The molecule has 0 saturated carbocycles. The third-order valence-electron chi connectivity index (χ3n) is 2.73. The zero-order valence-electron chi connectivity index (χ0n) is 10.9. The van der Waals surface area contributed by atoms with Gasteiger partial charge in [0, 0.05) is 16.7 Å². The number of carbonyl (C=O) groups is 2. The molecule has 0 aliphatic rings. The Bertz CT molecular complexity index is 728. The van der Waals surface area contributed by atoms with Gasteiger partial charge in [-0.1, -0.05) is 11.6 Å². The Labute approximate surface area is 124 Å². The van der Waals surface area contributed by atoms with E-state index in [9.17, 15) is 14.0 Å². The van der Waals surface area contributed by atoms with Gasteiger partial charge in [-0.15, -0.1) is 0 Å². The van der Waals surface area contributed by atoms with Crippen LogP contribution in [0.5, 0.6) is 11.5 Å². The number of carboxylic acid groups (broad SMARTS) is 1. The lowest BCUT2D eigenvalue weighted by molar-refractivity contribution is 0.0694. The van der Waals surface area contributed by atoms with E-state index in [2.05, 4.69) is 0 Å². The number of aromatic carboxylic acids is 1. The first-order valence-electron chi connectivity index (χ1n) is 5.89. The molecule has 6 heteroatoms. The van der Waals surface area contributed by atoms with Crippen molar-refractivity contribution in [2.45, 2.75) is 6.92 Å². The number of hydrogen-bond acceptors (Lipinski definition) is 3. The Morgan fingerprint density at radius 3 is 2.43 bits per heavy atom. The molecule has 2 aromatic carbocycles. The maximum absolute atomic E-state index is 13.9. The molecule has 0 aromatic heterocycles. The van der Waals surface area contributed by atoms with Crippen molar-refractivity contribution in [3.05, 3.63) is 58.4 Å². The van der Waals surface area contributed by atoms with Crippen LogP contribution in [0.2, 0.25) is 5.02 Å². The highest BCUT2D eigenvalue weighted by atomic mass is 35.5. The van der Waals surface area contributed by atoms with E-state index in [-0.39, 0.29) is 33.4 Å². The van der Waals surface area contributed by atoms with Gasteiger partial charge in [-0.25, -0.2) is 9.18 Å². The molecule has 0 unspecified atom stereocenters. The van der Waals surface area contributed by atoms with Gasteiger partial charge in [0.2, 0.25) is 0 Å². The first kappa shape index (κ1) is 15.0. The minimum absolute atomic E-state index is 0.0792. The van der Waals surface area contributed by atoms with Crippen LogP contribution < -0.4 is 4.74 Å². The van der Waals surface area contributed by atoms with Crippen LogP contribution in [0.25, 0.3) is 0 Å². The summed E-state index contributed by atoms with van der Waals surface area (Å²) in [4.78, 5) is 22.2. The molecule has 2 rings (SSSR count). The SMILES string of the molecule is CC(=O)c1ccc(Oc2cc(Cl)ccc2C(=O)O)c(F)c1. The number of ketones is 1. The van der Waals surface area contributed by atoms with Crippen molar-refractivity contribution >= 4 is 23.4 Å². The Balaban J connectivity index is 2.40. The van der Waals surface area contributed by atoms with Gasteiger partial charge in [0.1, 0.15) is 11.3 Å². The van der Waals surface area contributed by atoms with Crippen LogP contribution in [0, 0.1) is 5.82 Å². The second-order valence-corrected chi connectivity index (χ2v) is 4.69. The van der Waals surface area contributed by atoms with Crippen molar-refractivity contribution in [2.24, 2.45) is 0 Å². The van der Waals surface area contributed by atoms with Crippen LogP contribution in [-0.2, 0) is 0 Å². The van der Waals surface area contributed by atoms with Crippen molar-refractivity contribution in [1.29, 1.82) is 0 Å². The smallest absolute Gasteiger partial charge is 0.339 e. The van der Waals surface area contributed by atoms with Crippen molar-refractivity contribution < 1.29 is 23.8 Å². The van der Waals surface area contributed by atoms with Crippen LogP contribution in [0.1, 0.15) is 27.6 Å². The summed E-state index contributed by atoms with van der Waals surface area (Å²) in [5.74, 6) is -2.54. The van der Waals surface area contributed by atoms with Gasteiger partial charge in [0.15, 0.2) is 17.3 Å². The summed E-state index contributed by atoms with van der Waals surface area (Å²) in [6.45, 7) is 1.31. The van der Waals surface area contributed by atoms with Gasteiger partial charge in [0.25, 0.3) is 0 Å². The largest absolute Gasteiger partial charge is 0.478 e. The maximum Gasteiger partial charge on any atom is 0.339 e. The Morgan fingerprint density at radius 2 is 1.86 bits per heavy atom. The van der Waals surface area contributed by atoms with E-state index in [1.54, 1.807) is 0 Å². The Hall–Kier alpha value is -2.40. The number of rotatable bonds is 4. The van der Waals surface area contributed by atoms with Gasteiger partial charge >= 0.3 is 5.97 Å². The fourth-order valence-corrected chi connectivity index (χ4v) is 1.84. The van der Waals surface area contributed by atoms with E-state index in [1.165, 1.54) is 37.3 Å². The lowest BCUT2D eigenvalue weighted by Gasteiger charge is -2.10. The Morgan fingerprint density at radius 1 is 1.14 bits per heavy atom. The van der Waals surface area contributed by atoms with Crippen molar-refractivity contribution in [3.8, 4) is 11.5 Å². The normalized spacial score (nSPS) is 10.2. The summed E-state index contributed by atoms with van der Waals surface area (Å²) in [5, 5.41) is 9.32. The molecule has 108 valence electrons. The fraction of sp³-hybridized carbons (Fsp3) is 0.0667. The average Bonchev–Trinajstić information content (AvgIpc) is 2.40. The third kappa shape index (κ3) is 3.38. The van der Waals surface area contributed by atoms with Crippen LogP contribution >= 0.6 is 11.6 Å². The van der Waals surface area contributed by atoms with E-state index < -0.39 is 11.8 Å². The van der Waals surface area contributed by atoms with E-state index in [1.807, 2.05) is 0 Å². The van der Waals surface area contributed by atoms with E-state index in [0.29, 0.717) is 0 Å². The quantitative estimate of drug-likeness (QED) is 0.861. The second kappa shape index (κ2) is 5.93. The van der Waals surface area contributed by atoms with Gasteiger partial charge in [-0.05, 0) is 37.3 Å². The first-order valence-corrected chi connectivity index (χ1v) is 6.27. The molecule has 0 atom stereocenters. The van der Waals surface area contributed by atoms with E-state index in [0.717, 1.165) is 6.07 Å². The highest BCUT2D eigenvalue weighted by Gasteiger charge is 2.15. The number of halogens is 2. The predicted molar refractivity (Wildman–Crippen MR) is 74.9 cm³/mol.